The first-order valence-corrected chi connectivity index (χ1v) is 10.5. The van der Waals surface area contributed by atoms with E-state index in [4.69, 9.17) is 14.0 Å². The quantitative estimate of drug-likeness (QED) is 0.710. The molecule has 0 aliphatic carbocycles. The van der Waals surface area contributed by atoms with Gasteiger partial charge in [0.1, 0.15) is 11.6 Å². The van der Waals surface area contributed by atoms with Crippen molar-refractivity contribution in [3.8, 4) is 0 Å². The molecule has 0 saturated carbocycles. The van der Waals surface area contributed by atoms with E-state index in [0.717, 1.165) is 0 Å². The molecule has 0 aromatic carbocycles. The largest absolute Gasteiger partial charge is 0.498 e. The Kier molecular flexibility index (Phi) is 7.07. The summed E-state index contributed by atoms with van der Waals surface area (Å²) in [6, 6.07) is -1.04. The van der Waals surface area contributed by atoms with E-state index in [1.165, 1.54) is 4.90 Å². The van der Waals surface area contributed by atoms with Crippen molar-refractivity contribution in [3.05, 3.63) is 12.4 Å². The number of aromatic nitrogens is 2. The predicted octanol–water partition coefficient (Wildman–Crippen LogP) is 2.43. The minimum Gasteiger partial charge on any atom is -0.444 e. The minimum absolute atomic E-state index is 0.224. The first kappa shape index (κ1) is 25.1. The molecule has 172 valence electrons. The number of amides is 2. The summed E-state index contributed by atoms with van der Waals surface area (Å²) in [5.41, 5.74) is -0.937. The molecular formula is C21H35BN4O5. The molecule has 0 unspecified atom stereocenters. The lowest BCUT2D eigenvalue weighted by molar-refractivity contribution is -0.120. The minimum atomic E-state index is -0.816. The summed E-state index contributed by atoms with van der Waals surface area (Å²) in [7, 11) is -0.588. The summed E-state index contributed by atoms with van der Waals surface area (Å²) < 4.78 is 17.3. The number of ether oxygens (including phenoxy) is 1. The lowest BCUT2D eigenvalue weighted by Crippen LogP contribution is -2.51. The van der Waals surface area contributed by atoms with Crippen molar-refractivity contribution in [2.24, 2.45) is 0 Å². The fourth-order valence-electron chi connectivity index (χ4n) is 2.90. The number of hydrogen-bond acceptors (Lipinski definition) is 7. The zero-order valence-corrected chi connectivity index (χ0v) is 20.3. The van der Waals surface area contributed by atoms with E-state index in [9.17, 15) is 9.59 Å². The Bertz CT molecular complexity index is 789. The number of alkyl carbamates (subject to hydrolysis) is 1. The van der Waals surface area contributed by atoms with Gasteiger partial charge in [0.15, 0.2) is 0 Å². The Morgan fingerprint density at radius 1 is 1.06 bits per heavy atom. The van der Waals surface area contributed by atoms with Crippen LogP contribution in [0, 0.1) is 0 Å². The van der Waals surface area contributed by atoms with E-state index in [1.54, 1.807) is 40.1 Å². The van der Waals surface area contributed by atoms with Gasteiger partial charge in [-0.25, -0.2) is 14.8 Å². The Hall–Kier alpha value is -2.20. The van der Waals surface area contributed by atoms with Crippen LogP contribution in [0.25, 0.3) is 0 Å². The Balaban J connectivity index is 2.15. The number of carbonyl (C=O) groups excluding carboxylic acids is 2. The third-order valence-electron chi connectivity index (χ3n) is 5.26. The summed E-state index contributed by atoms with van der Waals surface area (Å²) in [6.07, 6.45) is 2.53. The smallest absolute Gasteiger partial charge is 0.444 e. The van der Waals surface area contributed by atoms with Gasteiger partial charge in [-0.05, 0) is 69.2 Å². The first-order chi connectivity index (χ1) is 14.0. The summed E-state index contributed by atoms with van der Waals surface area (Å²) in [5.74, 6) is -0.109. The number of hydrogen-bond donors (Lipinski definition) is 1. The second-order valence-electron chi connectivity index (χ2n) is 10.1. The zero-order valence-electron chi connectivity index (χ0n) is 20.3. The van der Waals surface area contributed by atoms with Gasteiger partial charge in [0.05, 0.1) is 11.2 Å². The van der Waals surface area contributed by atoms with Gasteiger partial charge in [-0.3, -0.25) is 9.69 Å². The second-order valence-corrected chi connectivity index (χ2v) is 10.1. The maximum Gasteiger partial charge on any atom is 0.498 e. The predicted molar refractivity (Wildman–Crippen MR) is 119 cm³/mol. The number of nitrogens with zero attached hydrogens (tertiary/aromatic N) is 3. The topological polar surface area (TPSA) is 103 Å². The van der Waals surface area contributed by atoms with E-state index >= 15 is 0 Å². The van der Waals surface area contributed by atoms with Gasteiger partial charge in [-0.15, -0.1) is 0 Å². The molecule has 1 aliphatic heterocycles. The lowest BCUT2D eigenvalue weighted by atomic mass is 9.81. The maximum absolute atomic E-state index is 13.0. The highest BCUT2D eigenvalue weighted by molar-refractivity contribution is 6.61. The average molecular weight is 434 g/mol. The molecule has 2 heterocycles. The highest BCUT2D eigenvalue weighted by Gasteiger charge is 2.52. The zero-order chi connectivity index (χ0) is 23.8. The monoisotopic (exact) mass is 434 g/mol. The van der Waals surface area contributed by atoms with Crippen LogP contribution in [-0.4, -0.2) is 58.0 Å². The van der Waals surface area contributed by atoms with Crippen LogP contribution in [0.1, 0.15) is 69.2 Å². The third kappa shape index (κ3) is 5.95. The SMILES string of the molecule is CC(C)N(C(=O)[C@@H](C)NC(=O)OC(C)(C)C)c1ncc(B2OC(C)(C)C(C)(C)O2)cn1. The number of anilines is 1. The molecule has 1 aromatic heterocycles. The summed E-state index contributed by atoms with van der Waals surface area (Å²) >= 11 is 0. The molecule has 0 spiro atoms. The van der Waals surface area contributed by atoms with Crippen LogP contribution in [0.3, 0.4) is 0 Å². The molecule has 10 heteroatoms. The van der Waals surface area contributed by atoms with Crippen LogP contribution in [0.5, 0.6) is 0 Å². The fraction of sp³-hybridized carbons (Fsp3) is 0.714. The van der Waals surface area contributed by atoms with E-state index in [-0.39, 0.29) is 17.9 Å². The van der Waals surface area contributed by atoms with Gasteiger partial charge in [0.2, 0.25) is 5.95 Å². The molecule has 1 fully saturated rings. The molecule has 9 nitrogen and oxygen atoms in total. The van der Waals surface area contributed by atoms with Gasteiger partial charge < -0.3 is 19.4 Å². The number of rotatable bonds is 5. The van der Waals surface area contributed by atoms with Crippen LogP contribution in [0.15, 0.2) is 12.4 Å². The van der Waals surface area contributed by atoms with Crippen molar-refractivity contribution < 1.29 is 23.6 Å². The van der Waals surface area contributed by atoms with E-state index < -0.39 is 36.1 Å². The molecule has 2 amide bonds. The van der Waals surface area contributed by atoms with Crippen molar-refractivity contribution in [2.75, 3.05) is 4.90 Å². The van der Waals surface area contributed by atoms with Crippen LogP contribution in [0.2, 0.25) is 0 Å². The van der Waals surface area contributed by atoms with Crippen molar-refractivity contribution >= 4 is 30.5 Å². The van der Waals surface area contributed by atoms with Crippen molar-refractivity contribution in [2.45, 2.75) is 98.1 Å². The Morgan fingerprint density at radius 2 is 1.55 bits per heavy atom. The van der Waals surface area contributed by atoms with Crippen LogP contribution in [0.4, 0.5) is 10.7 Å². The van der Waals surface area contributed by atoms with E-state index in [1.807, 2.05) is 41.5 Å². The molecule has 1 saturated heterocycles. The van der Waals surface area contributed by atoms with E-state index in [2.05, 4.69) is 15.3 Å². The molecule has 1 aliphatic rings. The molecule has 1 aromatic rings. The standard InChI is InChI=1S/C21H35BN4O5/c1-13(2)26(16(27)14(3)25-18(28)29-19(4,5)6)17-23-11-15(12-24-17)22-30-20(7,8)21(9,10)31-22/h11-14H,1-10H3,(H,25,28)/t14-/m1/s1. The van der Waals surface area contributed by atoms with Crippen molar-refractivity contribution in [1.82, 2.24) is 15.3 Å². The van der Waals surface area contributed by atoms with Gasteiger partial charge >= 0.3 is 13.2 Å². The summed E-state index contributed by atoms with van der Waals surface area (Å²) in [4.78, 5) is 35.2. The third-order valence-corrected chi connectivity index (χ3v) is 5.26. The van der Waals surface area contributed by atoms with Crippen LogP contribution in [-0.2, 0) is 18.8 Å². The van der Waals surface area contributed by atoms with Gasteiger partial charge in [0, 0.05) is 23.9 Å². The highest BCUT2D eigenvalue weighted by atomic mass is 16.7. The fourth-order valence-corrected chi connectivity index (χ4v) is 2.90. The molecule has 2 rings (SSSR count). The van der Waals surface area contributed by atoms with Gasteiger partial charge in [-0.1, -0.05) is 0 Å². The van der Waals surface area contributed by atoms with Crippen LogP contribution < -0.4 is 15.7 Å². The van der Waals surface area contributed by atoms with Crippen LogP contribution >= 0.6 is 0 Å². The first-order valence-electron chi connectivity index (χ1n) is 10.5. The highest BCUT2D eigenvalue weighted by Crippen LogP contribution is 2.36. The Morgan fingerprint density at radius 3 is 1.97 bits per heavy atom. The van der Waals surface area contributed by atoms with Gasteiger partial charge in [-0.2, -0.15) is 0 Å². The molecule has 0 bridgehead atoms. The molecule has 31 heavy (non-hydrogen) atoms. The summed E-state index contributed by atoms with van der Waals surface area (Å²) in [6.45, 7) is 18.5. The lowest BCUT2D eigenvalue weighted by Gasteiger charge is -2.32. The maximum atomic E-state index is 13.0. The van der Waals surface area contributed by atoms with Gasteiger partial charge in [0.25, 0.3) is 5.91 Å². The normalized spacial score (nSPS) is 18.6. The Labute approximate surface area is 185 Å². The summed E-state index contributed by atoms with van der Waals surface area (Å²) in [5, 5.41) is 2.57. The molecular weight excluding hydrogens is 399 g/mol. The molecule has 0 radical (unpaired) electrons. The van der Waals surface area contributed by atoms with Crippen molar-refractivity contribution in [3.63, 3.8) is 0 Å². The second kappa shape index (κ2) is 8.74. The molecule has 1 atom stereocenters. The average Bonchev–Trinajstić information content (AvgIpc) is 2.81. The number of carbonyl (C=O) groups is 2. The molecule has 1 N–H and O–H groups in total. The van der Waals surface area contributed by atoms with Crippen molar-refractivity contribution in [1.29, 1.82) is 0 Å². The van der Waals surface area contributed by atoms with E-state index in [0.29, 0.717) is 5.46 Å². The number of nitrogens with one attached hydrogen (secondary N) is 1.